The van der Waals surface area contributed by atoms with Crippen LogP contribution in [-0.4, -0.2) is 53.4 Å². The van der Waals surface area contributed by atoms with E-state index in [1.807, 2.05) is 60.5 Å². The number of aromatic hydroxyl groups is 1. The number of fused-ring (bicyclic) bond motifs is 1. The van der Waals surface area contributed by atoms with Gasteiger partial charge < -0.3 is 15.3 Å². The monoisotopic (exact) mass is 515 g/mol. The Morgan fingerprint density at radius 3 is 2.55 bits per heavy atom. The van der Waals surface area contributed by atoms with E-state index in [0.717, 1.165) is 42.5 Å². The number of halogens is 1. The van der Waals surface area contributed by atoms with Gasteiger partial charge in [0.25, 0.3) is 5.91 Å². The SMILES string of the molecule is CN(Cc1ccccc1)C(C(=O)N1C[C@@H]2CCC[C@]2(CNC(=O)c2cc(O)ccc2F)C1)c1ccccc1. The zero-order chi connectivity index (χ0) is 26.7. The number of carbonyl (C=O) groups excluding carboxylic acids is 2. The van der Waals surface area contributed by atoms with E-state index in [-0.39, 0.29) is 28.6 Å². The Labute approximate surface area is 223 Å². The maximum Gasteiger partial charge on any atom is 0.254 e. The number of likely N-dealkylation sites (tertiary alicyclic amines) is 1. The minimum Gasteiger partial charge on any atom is -0.508 e. The van der Waals surface area contributed by atoms with Crippen molar-refractivity contribution in [1.29, 1.82) is 0 Å². The molecule has 2 amide bonds. The summed E-state index contributed by atoms with van der Waals surface area (Å²) in [7, 11) is 1.99. The second-order valence-corrected chi connectivity index (χ2v) is 10.7. The number of carbonyl (C=O) groups is 2. The van der Waals surface area contributed by atoms with Crippen LogP contribution in [0.3, 0.4) is 0 Å². The largest absolute Gasteiger partial charge is 0.508 e. The van der Waals surface area contributed by atoms with Crippen molar-refractivity contribution in [2.45, 2.75) is 31.8 Å². The van der Waals surface area contributed by atoms with E-state index in [2.05, 4.69) is 22.3 Å². The number of phenols is 1. The molecular formula is C31H34FN3O3. The molecule has 1 unspecified atom stereocenters. The molecule has 1 saturated heterocycles. The average molecular weight is 516 g/mol. The number of rotatable bonds is 8. The van der Waals surface area contributed by atoms with Gasteiger partial charge in [0.1, 0.15) is 17.6 Å². The van der Waals surface area contributed by atoms with Gasteiger partial charge >= 0.3 is 0 Å². The minimum atomic E-state index is -0.670. The first-order valence-corrected chi connectivity index (χ1v) is 13.2. The Balaban J connectivity index is 1.33. The number of likely N-dealkylation sites (N-methyl/N-ethyl adjacent to an activating group) is 1. The third-order valence-corrected chi connectivity index (χ3v) is 8.21. The standard InChI is InChI=1S/C31H34FN3O3/c1-34(18-22-9-4-2-5-10-22)28(23-11-6-3-7-12-23)30(38)35-19-24-13-8-16-31(24,21-35)20-33-29(37)26-17-25(36)14-15-27(26)32/h2-7,9-12,14-15,17,24,28,36H,8,13,16,18-21H2,1H3,(H,33,37)/t24-,28?,31-/m0/s1. The molecule has 198 valence electrons. The highest BCUT2D eigenvalue weighted by molar-refractivity contribution is 5.94. The lowest BCUT2D eigenvalue weighted by Gasteiger charge is -2.33. The Morgan fingerprint density at radius 2 is 1.82 bits per heavy atom. The van der Waals surface area contributed by atoms with E-state index in [1.165, 1.54) is 6.07 Å². The van der Waals surface area contributed by atoms with Crippen molar-refractivity contribution < 1.29 is 19.1 Å². The Morgan fingerprint density at radius 1 is 1.11 bits per heavy atom. The molecular weight excluding hydrogens is 481 g/mol. The number of amides is 2. The second kappa shape index (κ2) is 11.0. The first kappa shape index (κ1) is 25.9. The van der Waals surface area contributed by atoms with Crippen LogP contribution in [0.25, 0.3) is 0 Å². The van der Waals surface area contributed by atoms with Crippen molar-refractivity contribution >= 4 is 11.8 Å². The molecule has 38 heavy (non-hydrogen) atoms. The van der Waals surface area contributed by atoms with Crippen LogP contribution in [0.15, 0.2) is 78.9 Å². The minimum absolute atomic E-state index is 0.0637. The molecule has 7 heteroatoms. The summed E-state index contributed by atoms with van der Waals surface area (Å²) in [5, 5.41) is 12.6. The number of nitrogens with one attached hydrogen (secondary N) is 1. The van der Waals surface area contributed by atoms with E-state index >= 15 is 0 Å². The van der Waals surface area contributed by atoms with Gasteiger partial charge in [-0.3, -0.25) is 14.5 Å². The Hall–Kier alpha value is -3.71. The van der Waals surface area contributed by atoms with Gasteiger partial charge in [-0.15, -0.1) is 0 Å². The smallest absolute Gasteiger partial charge is 0.254 e. The summed E-state index contributed by atoms with van der Waals surface area (Å²) in [6.07, 6.45) is 2.94. The molecule has 0 spiro atoms. The third-order valence-electron chi connectivity index (χ3n) is 8.21. The van der Waals surface area contributed by atoms with E-state index in [4.69, 9.17) is 0 Å². The molecule has 1 aliphatic heterocycles. The van der Waals surface area contributed by atoms with E-state index < -0.39 is 17.8 Å². The van der Waals surface area contributed by atoms with Gasteiger partial charge in [0.05, 0.1) is 5.56 Å². The predicted octanol–water partition coefficient (Wildman–Crippen LogP) is 4.76. The molecule has 5 rings (SSSR count). The van der Waals surface area contributed by atoms with E-state index in [0.29, 0.717) is 26.2 Å². The normalized spacial score (nSPS) is 21.3. The molecule has 3 atom stereocenters. The van der Waals surface area contributed by atoms with Gasteiger partial charge in [-0.25, -0.2) is 4.39 Å². The first-order chi connectivity index (χ1) is 18.4. The summed E-state index contributed by atoms with van der Waals surface area (Å²) < 4.78 is 14.2. The van der Waals surface area contributed by atoms with Crippen molar-refractivity contribution in [3.63, 3.8) is 0 Å². The molecule has 0 aromatic heterocycles. The summed E-state index contributed by atoms with van der Waals surface area (Å²) in [6, 6.07) is 23.0. The molecule has 6 nitrogen and oxygen atoms in total. The number of nitrogens with zero attached hydrogens (tertiary/aromatic N) is 2. The molecule has 2 fully saturated rings. The van der Waals surface area contributed by atoms with Crippen LogP contribution in [0, 0.1) is 17.2 Å². The molecule has 3 aromatic carbocycles. The van der Waals surface area contributed by atoms with Gasteiger partial charge in [-0.2, -0.15) is 0 Å². The third kappa shape index (κ3) is 5.29. The average Bonchev–Trinajstić information content (AvgIpc) is 3.48. The van der Waals surface area contributed by atoms with Crippen molar-refractivity contribution in [3.05, 3.63) is 101 Å². The van der Waals surface area contributed by atoms with Gasteiger partial charge in [-0.1, -0.05) is 67.1 Å². The van der Waals surface area contributed by atoms with Crippen LogP contribution < -0.4 is 5.32 Å². The van der Waals surface area contributed by atoms with Gasteiger partial charge in [0.15, 0.2) is 0 Å². The molecule has 1 aliphatic carbocycles. The van der Waals surface area contributed by atoms with Crippen molar-refractivity contribution in [2.75, 3.05) is 26.7 Å². The van der Waals surface area contributed by atoms with Crippen LogP contribution in [0.1, 0.15) is 46.8 Å². The van der Waals surface area contributed by atoms with Gasteiger partial charge in [0.2, 0.25) is 5.91 Å². The second-order valence-electron chi connectivity index (χ2n) is 10.7. The van der Waals surface area contributed by atoms with Crippen molar-refractivity contribution in [3.8, 4) is 5.75 Å². The molecule has 2 N–H and O–H groups in total. The summed E-state index contributed by atoms with van der Waals surface area (Å²) in [6.45, 7) is 2.21. The maximum atomic E-state index is 14.2. The first-order valence-electron chi connectivity index (χ1n) is 13.2. The van der Waals surface area contributed by atoms with Crippen molar-refractivity contribution in [2.24, 2.45) is 11.3 Å². The lowest BCUT2D eigenvalue weighted by molar-refractivity contribution is -0.136. The zero-order valence-electron chi connectivity index (χ0n) is 21.6. The summed E-state index contributed by atoms with van der Waals surface area (Å²) in [4.78, 5) is 31.0. The fourth-order valence-electron chi connectivity index (χ4n) is 6.27. The van der Waals surface area contributed by atoms with Gasteiger partial charge in [0, 0.05) is 31.6 Å². The zero-order valence-corrected chi connectivity index (χ0v) is 21.6. The van der Waals surface area contributed by atoms with Crippen LogP contribution >= 0.6 is 0 Å². The van der Waals surface area contributed by atoms with Crippen LogP contribution in [-0.2, 0) is 11.3 Å². The van der Waals surface area contributed by atoms with Crippen LogP contribution in [0.5, 0.6) is 5.75 Å². The topological polar surface area (TPSA) is 72.9 Å². The molecule has 1 heterocycles. The van der Waals surface area contributed by atoms with E-state index in [9.17, 15) is 19.1 Å². The van der Waals surface area contributed by atoms with Gasteiger partial charge in [-0.05, 0) is 55.1 Å². The lowest BCUT2D eigenvalue weighted by Crippen LogP contribution is -2.44. The molecule has 0 bridgehead atoms. The highest BCUT2D eigenvalue weighted by Gasteiger charge is 2.51. The Bertz CT molecular complexity index is 1290. The molecule has 0 radical (unpaired) electrons. The molecule has 3 aromatic rings. The fourth-order valence-corrected chi connectivity index (χ4v) is 6.27. The highest BCUT2D eigenvalue weighted by atomic mass is 19.1. The summed E-state index contributed by atoms with van der Waals surface area (Å²) >= 11 is 0. The summed E-state index contributed by atoms with van der Waals surface area (Å²) in [5.41, 5.74) is 1.68. The fraction of sp³-hybridized carbons (Fsp3) is 0.355. The number of hydrogen-bond acceptors (Lipinski definition) is 4. The maximum absolute atomic E-state index is 14.2. The van der Waals surface area contributed by atoms with Crippen molar-refractivity contribution in [1.82, 2.24) is 15.1 Å². The van der Waals surface area contributed by atoms with E-state index in [1.54, 1.807) is 0 Å². The number of benzene rings is 3. The van der Waals surface area contributed by atoms with Crippen LogP contribution in [0.2, 0.25) is 0 Å². The number of phenolic OH excluding ortho intramolecular Hbond substituents is 1. The quantitative estimate of drug-likeness (QED) is 0.454. The lowest BCUT2D eigenvalue weighted by atomic mass is 9.80. The molecule has 1 saturated carbocycles. The highest BCUT2D eigenvalue weighted by Crippen LogP contribution is 2.49. The Kier molecular flexibility index (Phi) is 7.47. The van der Waals surface area contributed by atoms with Crippen LogP contribution in [0.4, 0.5) is 4.39 Å². The predicted molar refractivity (Wildman–Crippen MR) is 144 cm³/mol. The molecule has 2 aliphatic rings. The summed E-state index contributed by atoms with van der Waals surface area (Å²) in [5.74, 6) is -1.04. The number of hydrogen-bond donors (Lipinski definition) is 2.